The Morgan fingerprint density at radius 3 is 1.70 bits per heavy atom. The lowest BCUT2D eigenvalue weighted by atomic mass is 10.2. The van der Waals surface area contributed by atoms with Gasteiger partial charge in [0.05, 0.1) is 6.07 Å². The maximum Gasteiger partial charge on any atom is 0.150 e. The highest BCUT2D eigenvalue weighted by atomic mass is 18.2. The highest BCUT2D eigenvalue weighted by Gasteiger charge is 1.88. The Labute approximate surface area is 115 Å². The van der Waals surface area contributed by atoms with Crippen molar-refractivity contribution in [1.82, 2.24) is 0 Å². The van der Waals surface area contributed by atoms with Gasteiger partial charge in [-0.1, -0.05) is 12.1 Å². The van der Waals surface area contributed by atoms with Crippen LogP contribution in [0, 0.1) is 23.0 Å². The lowest BCUT2D eigenvalue weighted by molar-refractivity contribution is 0.112. The largest absolute Gasteiger partial charge is 0.298 e. The van der Waals surface area contributed by atoms with Gasteiger partial charge in [-0.05, 0) is 48.0 Å². The number of aldehydes is 1. The summed E-state index contributed by atoms with van der Waals surface area (Å²) in [6.07, 6.45) is 3.66. The Kier molecular flexibility index (Phi) is 6.35. The van der Waals surface area contributed by atoms with Crippen molar-refractivity contribution in [2.24, 2.45) is 0 Å². The van der Waals surface area contributed by atoms with E-state index in [1.807, 2.05) is 6.07 Å². The molecule has 4 heteroatoms. The summed E-state index contributed by atoms with van der Waals surface area (Å²) in [5, 5.41) is 8.17. The summed E-state index contributed by atoms with van der Waals surface area (Å²) < 4.78 is 24.4. The van der Waals surface area contributed by atoms with Crippen LogP contribution in [0.4, 0.5) is 8.78 Å². The first-order valence-corrected chi connectivity index (χ1v) is 5.68. The molecule has 100 valence electrons. The predicted molar refractivity (Wildman–Crippen MR) is 72.8 cm³/mol. The van der Waals surface area contributed by atoms with Gasteiger partial charge in [-0.15, -0.1) is 0 Å². The van der Waals surface area contributed by atoms with Gasteiger partial charge in [-0.3, -0.25) is 4.79 Å². The number of rotatable bonds is 2. The van der Waals surface area contributed by atoms with Gasteiger partial charge >= 0.3 is 0 Å². The van der Waals surface area contributed by atoms with E-state index in [0.29, 0.717) is 11.8 Å². The van der Waals surface area contributed by atoms with Gasteiger partial charge in [0.15, 0.2) is 0 Å². The lowest BCUT2D eigenvalue weighted by Crippen LogP contribution is -1.77. The van der Waals surface area contributed by atoms with E-state index >= 15 is 0 Å². The van der Waals surface area contributed by atoms with Gasteiger partial charge in [-0.2, -0.15) is 5.26 Å². The highest BCUT2D eigenvalue weighted by Crippen LogP contribution is 2.03. The second-order valence-corrected chi connectivity index (χ2v) is 3.68. The van der Waals surface area contributed by atoms with Crippen molar-refractivity contribution in [3.05, 3.63) is 77.4 Å². The SMILES string of the molecule is N#CC=Cc1ccc([18F])cc1.O=Cc1ccc([18F])cc1. The average Bonchev–Trinajstić information content (AvgIpc) is 2.48. The second-order valence-electron chi connectivity index (χ2n) is 3.68. The number of allylic oxidation sites excluding steroid dienone is 1. The Morgan fingerprint density at radius 1 is 0.850 bits per heavy atom. The summed E-state index contributed by atoms with van der Waals surface area (Å²) in [5.41, 5.74) is 1.32. The van der Waals surface area contributed by atoms with E-state index in [0.717, 1.165) is 5.56 Å². The summed E-state index contributed by atoms with van der Waals surface area (Å²) in [7, 11) is 0. The first kappa shape index (κ1) is 15.3. The monoisotopic (exact) mass is 269 g/mol. The molecule has 0 aromatic heterocycles. The van der Waals surface area contributed by atoms with Crippen LogP contribution in [0.3, 0.4) is 0 Å². The van der Waals surface area contributed by atoms with E-state index in [1.54, 1.807) is 18.2 Å². The first-order chi connectivity index (χ1) is 9.65. The van der Waals surface area contributed by atoms with Gasteiger partial charge in [-0.25, -0.2) is 8.78 Å². The van der Waals surface area contributed by atoms with Crippen LogP contribution in [-0.2, 0) is 0 Å². The van der Waals surface area contributed by atoms with E-state index in [9.17, 15) is 13.6 Å². The number of benzene rings is 2. The minimum Gasteiger partial charge on any atom is -0.298 e. The van der Waals surface area contributed by atoms with E-state index in [-0.39, 0.29) is 11.6 Å². The molecule has 2 nitrogen and oxygen atoms in total. The van der Waals surface area contributed by atoms with E-state index < -0.39 is 0 Å². The number of carbonyl (C=O) groups is 1. The van der Waals surface area contributed by atoms with Crippen LogP contribution in [0.2, 0.25) is 0 Å². The molecule has 2 aromatic carbocycles. The van der Waals surface area contributed by atoms with Crippen LogP contribution in [-0.4, -0.2) is 6.29 Å². The summed E-state index contributed by atoms with van der Waals surface area (Å²) in [5.74, 6) is -0.584. The predicted octanol–water partition coefficient (Wildman–Crippen LogP) is 4.00. The second kappa shape index (κ2) is 8.33. The molecule has 0 fully saturated rings. The minimum atomic E-state index is -0.319. The first-order valence-electron chi connectivity index (χ1n) is 5.68. The van der Waals surface area contributed by atoms with Gasteiger partial charge in [0, 0.05) is 11.6 Å². The van der Waals surface area contributed by atoms with Gasteiger partial charge in [0.2, 0.25) is 0 Å². The standard InChI is InChI=1S/C9H6FN.C7H5FO/c10-9-5-3-8(4-6-9)2-1-7-11;8-7-3-1-6(5-9)2-4-7/h1-6H;1-5H/i10-1;8-1. The van der Waals surface area contributed by atoms with Crippen LogP contribution in [0.15, 0.2) is 54.6 Å². The Hall–Kier alpha value is -2.80. The Bertz CT molecular complexity index is 610. The molecule has 20 heavy (non-hydrogen) atoms. The molecule has 0 spiro atoms. The molecular formula is C16H11F2NO. The van der Waals surface area contributed by atoms with Gasteiger partial charge in [0.25, 0.3) is 0 Å². The highest BCUT2D eigenvalue weighted by molar-refractivity contribution is 5.74. The smallest absolute Gasteiger partial charge is 0.150 e. The number of carbonyl (C=O) groups excluding carboxylic acids is 1. The zero-order valence-corrected chi connectivity index (χ0v) is 10.5. The Morgan fingerprint density at radius 2 is 1.30 bits per heavy atom. The van der Waals surface area contributed by atoms with Crippen LogP contribution < -0.4 is 0 Å². The molecule has 0 aliphatic heterocycles. The van der Waals surface area contributed by atoms with Crippen LogP contribution in [0.1, 0.15) is 15.9 Å². The average molecular weight is 269 g/mol. The molecule has 0 atom stereocenters. The van der Waals surface area contributed by atoms with Crippen molar-refractivity contribution in [2.45, 2.75) is 0 Å². The molecule has 0 N–H and O–H groups in total. The van der Waals surface area contributed by atoms with Gasteiger partial charge in [0.1, 0.15) is 17.9 Å². The molecule has 0 heterocycles. The fourth-order valence-corrected chi connectivity index (χ4v) is 1.25. The van der Waals surface area contributed by atoms with Gasteiger partial charge < -0.3 is 0 Å². The van der Waals surface area contributed by atoms with Crippen molar-refractivity contribution in [1.29, 1.82) is 5.26 Å². The summed E-state index contributed by atoms with van der Waals surface area (Å²) in [6, 6.07) is 13.2. The molecule has 0 aliphatic rings. The van der Waals surface area contributed by atoms with E-state index in [2.05, 4.69) is 0 Å². The molecule has 0 amide bonds. The fraction of sp³-hybridized carbons (Fsp3) is 0. The molecular weight excluding hydrogens is 258 g/mol. The van der Waals surface area contributed by atoms with Crippen LogP contribution in [0.5, 0.6) is 0 Å². The maximum atomic E-state index is 12.3. The normalized spacial score (nSPS) is 9.45. The lowest BCUT2D eigenvalue weighted by Gasteiger charge is -1.89. The molecule has 0 saturated heterocycles. The molecule has 0 bridgehead atoms. The number of halogens is 2. The summed E-state index contributed by atoms with van der Waals surface area (Å²) >= 11 is 0. The minimum absolute atomic E-state index is 0.265. The fourth-order valence-electron chi connectivity index (χ4n) is 1.25. The molecule has 0 radical (unpaired) electrons. The number of nitriles is 1. The van der Waals surface area contributed by atoms with E-state index in [4.69, 9.17) is 5.26 Å². The van der Waals surface area contributed by atoms with E-state index in [1.165, 1.54) is 42.5 Å². The maximum absolute atomic E-state index is 12.3. The van der Waals surface area contributed by atoms with Crippen LogP contribution >= 0.6 is 0 Å². The number of hydrogen-bond acceptors (Lipinski definition) is 2. The Balaban J connectivity index is 0.000000204. The summed E-state index contributed by atoms with van der Waals surface area (Å²) in [6.45, 7) is 0. The third kappa shape index (κ3) is 5.69. The molecule has 2 aromatic rings. The molecule has 0 saturated carbocycles. The van der Waals surface area contributed by atoms with Crippen molar-refractivity contribution in [3.63, 3.8) is 0 Å². The third-order valence-electron chi connectivity index (χ3n) is 2.23. The van der Waals surface area contributed by atoms with Crippen molar-refractivity contribution < 1.29 is 13.6 Å². The molecule has 2 rings (SSSR count). The van der Waals surface area contributed by atoms with Crippen molar-refractivity contribution >= 4 is 12.4 Å². The zero-order chi connectivity index (χ0) is 14.8. The van der Waals surface area contributed by atoms with Crippen molar-refractivity contribution in [2.75, 3.05) is 0 Å². The number of hydrogen-bond donors (Lipinski definition) is 0. The van der Waals surface area contributed by atoms with Crippen LogP contribution in [0.25, 0.3) is 6.08 Å². The topological polar surface area (TPSA) is 40.9 Å². The quantitative estimate of drug-likeness (QED) is 0.610. The summed E-state index contributed by atoms with van der Waals surface area (Å²) in [4.78, 5) is 10.00. The van der Waals surface area contributed by atoms with Crippen molar-refractivity contribution in [3.8, 4) is 6.07 Å². The molecule has 0 aliphatic carbocycles. The zero-order valence-electron chi connectivity index (χ0n) is 10.5. The molecule has 0 unspecified atom stereocenters. The third-order valence-corrected chi connectivity index (χ3v) is 2.23. The number of nitrogens with zero attached hydrogens (tertiary/aromatic N) is 1.